The van der Waals surface area contributed by atoms with Crippen molar-refractivity contribution < 1.29 is 14.1 Å². The summed E-state index contributed by atoms with van der Waals surface area (Å²) in [5.74, 6) is -0.0284. The molecule has 1 atom stereocenters. The van der Waals surface area contributed by atoms with Crippen molar-refractivity contribution in [2.75, 3.05) is 13.1 Å². The highest BCUT2D eigenvalue weighted by atomic mass is 35.5. The highest BCUT2D eigenvalue weighted by molar-refractivity contribution is 5.85. The molecule has 1 aliphatic rings. The molecule has 2 aromatic rings. The number of rotatable bonds is 6. The highest BCUT2D eigenvalue weighted by Gasteiger charge is 2.24. The predicted octanol–water partition coefficient (Wildman–Crippen LogP) is 2.29. The minimum absolute atomic E-state index is 0. The van der Waals surface area contributed by atoms with Gasteiger partial charge in [0.15, 0.2) is 5.58 Å². The lowest BCUT2D eigenvalue weighted by molar-refractivity contribution is -0.384. The molecule has 0 aliphatic carbocycles. The van der Waals surface area contributed by atoms with Gasteiger partial charge in [-0.25, -0.2) is 4.79 Å². The van der Waals surface area contributed by atoms with Gasteiger partial charge in [0.05, 0.1) is 16.5 Å². The monoisotopic (exact) mass is 412 g/mol. The number of amides is 1. The number of nitro groups is 1. The number of non-ortho nitro benzene ring substituents is 1. The Morgan fingerprint density at radius 1 is 1.39 bits per heavy atom. The molecule has 28 heavy (non-hydrogen) atoms. The van der Waals surface area contributed by atoms with Gasteiger partial charge in [-0.05, 0) is 38.2 Å². The van der Waals surface area contributed by atoms with E-state index in [4.69, 9.17) is 10.2 Å². The normalized spacial score (nSPS) is 16.0. The van der Waals surface area contributed by atoms with E-state index in [2.05, 4.69) is 0 Å². The van der Waals surface area contributed by atoms with E-state index < -0.39 is 10.7 Å². The minimum Gasteiger partial charge on any atom is -0.407 e. The quantitative estimate of drug-likeness (QED) is 0.573. The number of fused-ring (bicyclic) bond motifs is 1. The lowest BCUT2D eigenvalue weighted by atomic mass is 9.91. The van der Waals surface area contributed by atoms with E-state index in [1.165, 1.54) is 22.8 Å². The van der Waals surface area contributed by atoms with E-state index in [1.807, 2.05) is 11.8 Å². The number of piperidine rings is 1. The number of nitrogens with two attached hydrogens (primary N) is 1. The summed E-state index contributed by atoms with van der Waals surface area (Å²) < 4.78 is 6.51. The first kappa shape index (κ1) is 21.9. The summed E-state index contributed by atoms with van der Waals surface area (Å²) in [5, 5.41) is 10.8. The molecular formula is C18H25ClN4O5. The van der Waals surface area contributed by atoms with Gasteiger partial charge in [-0.2, -0.15) is 0 Å². The van der Waals surface area contributed by atoms with Crippen molar-refractivity contribution in [3.63, 3.8) is 0 Å². The number of halogens is 1. The maximum Gasteiger partial charge on any atom is 0.419 e. The molecule has 0 spiro atoms. The smallest absolute Gasteiger partial charge is 0.407 e. The van der Waals surface area contributed by atoms with Crippen molar-refractivity contribution in [3.8, 4) is 0 Å². The van der Waals surface area contributed by atoms with Crippen LogP contribution in [0.5, 0.6) is 0 Å². The summed E-state index contributed by atoms with van der Waals surface area (Å²) in [6, 6.07) is 4.22. The number of likely N-dealkylation sites (tertiary alicyclic amines) is 1. The van der Waals surface area contributed by atoms with Crippen LogP contribution in [0.15, 0.2) is 27.4 Å². The van der Waals surface area contributed by atoms with Gasteiger partial charge in [0.25, 0.3) is 5.69 Å². The van der Waals surface area contributed by atoms with E-state index >= 15 is 0 Å². The van der Waals surface area contributed by atoms with Gasteiger partial charge < -0.3 is 15.1 Å². The average molecular weight is 413 g/mol. The fourth-order valence-electron chi connectivity index (χ4n) is 3.60. The lowest BCUT2D eigenvalue weighted by Crippen LogP contribution is -2.42. The second-order valence-corrected chi connectivity index (χ2v) is 7.11. The first-order valence-electron chi connectivity index (χ1n) is 9.18. The highest BCUT2D eigenvalue weighted by Crippen LogP contribution is 2.22. The number of aromatic nitrogens is 1. The first-order chi connectivity index (χ1) is 12.9. The fraction of sp³-hybridized carbons (Fsp3) is 0.556. The number of benzene rings is 1. The van der Waals surface area contributed by atoms with Gasteiger partial charge in [-0.3, -0.25) is 19.5 Å². The largest absolute Gasteiger partial charge is 0.419 e. The molecule has 2 heterocycles. The van der Waals surface area contributed by atoms with Crippen LogP contribution < -0.4 is 11.5 Å². The molecule has 0 bridgehead atoms. The van der Waals surface area contributed by atoms with Crippen molar-refractivity contribution in [2.45, 2.75) is 45.2 Å². The SMILES string of the molecule is CC(N)C1CCN(C(=O)CCCn2c(=O)oc3cc([N+](=O)[O-])ccc32)CC1.Cl. The molecule has 154 valence electrons. The number of carbonyl (C=O) groups excluding carboxylic acids is 1. The van der Waals surface area contributed by atoms with Crippen molar-refractivity contribution in [3.05, 3.63) is 38.9 Å². The molecular weight excluding hydrogens is 388 g/mol. The zero-order valence-corrected chi connectivity index (χ0v) is 16.5. The number of aryl methyl sites for hydroxylation is 1. The van der Waals surface area contributed by atoms with Crippen molar-refractivity contribution >= 4 is 35.1 Å². The Morgan fingerprint density at radius 2 is 2.07 bits per heavy atom. The lowest BCUT2D eigenvalue weighted by Gasteiger charge is -2.33. The third kappa shape index (κ3) is 4.71. The molecule has 10 heteroatoms. The zero-order valence-electron chi connectivity index (χ0n) is 15.7. The number of nitrogens with zero attached hydrogens (tertiary/aromatic N) is 3. The Bertz CT molecular complexity index is 899. The van der Waals surface area contributed by atoms with Crippen LogP contribution in [0.4, 0.5) is 5.69 Å². The molecule has 0 radical (unpaired) electrons. The van der Waals surface area contributed by atoms with Crippen LogP contribution >= 0.6 is 12.4 Å². The molecule has 1 aromatic heterocycles. The summed E-state index contributed by atoms with van der Waals surface area (Å²) in [6.07, 6.45) is 2.69. The third-order valence-electron chi connectivity index (χ3n) is 5.27. The Hall–Kier alpha value is -2.39. The Labute approximate surface area is 168 Å². The summed E-state index contributed by atoms with van der Waals surface area (Å²) in [7, 11) is 0. The molecule has 1 amide bonds. The second kappa shape index (κ2) is 9.20. The molecule has 1 aliphatic heterocycles. The first-order valence-corrected chi connectivity index (χ1v) is 9.18. The summed E-state index contributed by atoms with van der Waals surface area (Å²) in [5.41, 5.74) is 6.47. The van der Waals surface area contributed by atoms with Gasteiger partial charge in [0.1, 0.15) is 0 Å². The van der Waals surface area contributed by atoms with Crippen molar-refractivity contribution in [1.82, 2.24) is 9.47 Å². The maximum absolute atomic E-state index is 12.4. The van der Waals surface area contributed by atoms with Gasteiger partial charge in [0, 0.05) is 38.2 Å². The topological polar surface area (TPSA) is 125 Å². The Kier molecular flexibility index (Phi) is 7.20. The maximum atomic E-state index is 12.4. The molecule has 9 nitrogen and oxygen atoms in total. The molecule has 3 rings (SSSR count). The van der Waals surface area contributed by atoms with Crippen molar-refractivity contribution in [2.24, 2.45) is 11.7 Å². The van der Waals surface area contributed by atoms with Crippen LogP contribution in [0.2, 0.25) is 0 Å². The Morgan fingerprint density at radius 3 is 2.68 bits per heavy atom. The summed E-state index contributed by atoms with van der Waals surface area (Å²) in [4.78, 5) is 36.5. The second-order valence-electron chi connectivity index (χ2n) is 7.11. The predicted molar refractivity (Wildman–Crippen MR) is 107 cm³/mol. The van der Waals surface area contributed by atoms with Gasteiger partial charge in [-0.15, -0.1) is 12.4 Å². The van der Waals surface area contributed by atoms with E-state index in [1.54, 1.807) is 0 Å². The molecule has 1 saturated heterocycles. The number of hydrogen-bond donors (Lipinski definition) is 1. The Balaban J connectivity index is 0.00000280. The van der Waals surface area contributed by atoms with Crippen LogP contribution in [0.3, 0.4) is 0 Å². The van der Waals surface area contributed by atoms with Crippen LogP contribution in [0.25, 0.3) is 11.1 Å². The minimum atomic E-state index is -0.573. The van der Waals surface area contributed by atoms with E-state index in [-0.39, 0.29) is 35.6 Å². The molecule has 1 fully saturated rings. The number of carbonyl (C=O) groups is 1. The third-order valence-corrected chi connectivity index (χ3v) is 5.27. The van der Waals surface area contributed by atoms with Crippen LogP contribution in [-0.4, -0.2) is 39.4 Å². The van der Waals surface area contributed by atoms with Crippen LogP contribution in [0.1, 0.15) is 32.6 Å². The fourth-order valence-corrected chi connectivity index (χ4v) is 3.60. The van der Waals surface area contributed by atoms with Crippen LogP contribution in [-0.2, 0) is 11.3 Å². The number of hydrogen-bond acceptors (Lipinski definition) is 6. The van der Waals surface area contributed by atoms with Gasteiger partial charge in [0.2, 0.25) is 5.91 Å². The van der Waals surface area contributed by atoms with Crippen LogP contribution in [0, 0.1) is 16.0 Å². The molecule has 0 saturated carbocycles. The molecule has 1 unspecified atom stereocenters. The summed E-state index contributed by atoms with van der Waals surface area (Å²) >= 11 is 0. The van der Waals surface area contributed by atoms with Crippen molar-refractivity contribution in [1.29, 1.82) is 0 Å². The van der Waals surface area contributed by atoms with Gasteiger partial charge >= 0.3 is 5.76 Å². The van der Waals surface area contributed by atoms with E-state index in [9.17, 15) is 19.7 Å². The van der Waals surface area contributed by atoms with E-state index in [0.717, 1.165) is 25.9 Å². The number of nitro benzene ring substituents is 1. The number of oxazole rings is 1. The zero-order chi connectivity index (χ0) is 19.6. The van der Waals surface area contributed by atoms with E-state index in [0.29, 0.717) is 30.8 Å². The molecule has 1 aromatic carbocycles. The summed E-state index contributed by atoms with van der Waals surface area (Å²) in [6.45, 7) is 3.78. The average Bonchev–Trinajstić information content (AvgIpc) is 2.96. The van der Waals surface area contributed by atoms with Gasteiger partial charge in [-0.1, -0.05) is 0 Å². The standard InChI is InChI=1S/C18H24N4O5.ClH/c1-12(19)13-6-9-20(10-7-13)17(23)3-2-8-21-15-5-4-14(22(25)26)11-16(15)27-18(21)24;/h4-5,11-13H,2-3,6-10,19H2,1H3;1H. The molecule has 2 N–H and O–H groups in total.